The number of carbonyl (C=O) groups is 1. The van der Waals surface area contributed by atoms with Crippen LogP contribution in [-0.2, 0) is 23.4 Å². The summed E-state index contributed by atoms with van der Waals surface area (Å²) < 4.78 is 37.8. The number of imidazole rings is 1. The van der Waals surface area contributed by atoms with Crippen LogP contribution >= 0.6 is 7.75 Å². The molecule has 0 saturated carbocycles. The van der Waals surface area contributed by atoms with Crippen molar-refractivity contribution in [1.29, 1.82) is 0 Å². The maximum Gasteiger partial charge on any atom is 0.459 e. The van der Waals surface area contributed by atoms with Gasteiger partial charge in [-0.2, -0.15) is 15.1 Å². The van der Waals surface area contributed by atoms with Gasteiger partial charge in [0, 0.05) is 0 Å². The van der Waals surface area contributed by atoms with Gasteiger partial charge in [0.2, 0.25) is 5.95 Å². The van der Waals surface area contributed by atoms with E-state index in [0.29, 0.717) is 0 Å². The van der Waals surface area contributed by atoms with Gasteiger partial charge in [-0.25, -0.2) is 9.55 Å². The summed E-state index contributed by atoms with van der Waals surface area (Å²) in [5, 5.41) is 24.2. The van der Waals surface area contributed by atoms with Crippen LogP contribution in [0, 0.1) is 0 Å². The lowest BCUT2D eigenvalue weighted by Gasteiger charge is -2.28. The van der Waals surface area contributed by atoms with Crippen molar-refractivity contribution >= 4 is 36.6 Å². The summed E-state index contributed by atoms with van der Waals surface area (Å²) >= 11 is 0. The fraction of sp³-hybridized carbons (Fsp3) is 0.478. The van der Waals surface area contributed by atoms with E-state index in [1.54, 1.807) is 44.2 Å². The second-order valence-corrected chi connectivity index (χ2v) is 11.0. The Balaban J connectivity index is 1.56. The number of nitrogens with zero attached hydrogens (tertiary/aromatic N) is 4. The monoisotopic (exact) mass is 565 g/mol. The Hall–Kier alpha value is -3.33. The number of esters is 1. The van der Waals surface area contributed by atoms with E-state index in [2.05, 4.69) is 20.0 Å². The molecule has 15 nitrogen and oxygen atoms in total. The summed E-state index contributed by atoms with van der Waals surface area (Å²) in [4.78, 5) is 24.5. The van der Waals surface area contributed by atoms with Crippen molar-refractivity contribution in [3.63, 3.8) is 0 Å². The molecule has 16 heteroatoms. The number of nitrogens with two attached hydrogens (primary N) is 2. The lowest BCUT2D eigenvalue weighted by atomic mass is 10.1. The highest BCUT2D eigenvalue weighted by Gasteiger charge is 2.49. The van der Waals surface area contributed by atoms with Crippen molar-refractivity contribution in [2.75, 3.05) is 11.5 Å². The number of aromatic nitrogens is 4. The summed E-state index contributed by atoms with van der Waals surface area (Å²) in [6, 6.07) is 7.13. The Morgan fingerprint density at radius 1 is 1.13 bits per heavy atom. The molecule has 1 aliphatic heterocycles. The Labute approximate surface area is 224 Å². The first-order valence-corrected chi connectivity index (χ1v) is 13.7. The van der Waals surface area contributed by atoms with E-state index in [-0.39, 0.29) is 28.7 Å². The molecule has 212 valence electrons. The van der Waals surface area contributed by atoms with Crippen LogP contribution in [0.1, 0.15) is 33.9 Å². The minimum Gasteiger partial charge on any atom is -0.462 e. The van der Waals surface area contributed by atoms with Crippen LogP contribution in [0.4, 0.5) is 11.8 Å². The first kappa shape index (κ1) is 28.7. The molecule has 0 aliphatic carbocycles. The Morgan fingerprint density at radius 2 is 1.82 bits per heavy atom. The van der Waals surface area contributed by atoms with Crippen LogP contribution in [0.15, 0.2) is 36.7 Å². The van der Waals surface area contributed by atoms with E-state index in [1.807, 2.05) is 0 Å². The molecule has 7 N–H and O–H groups in total. The van der Waals surface area contributed by atoms with Crippen molar-refractivity contribution < 1.29 is 38.1 Å². The van der Waals surface area contributed by atoms with Crippen LogP contribution in [0.5, 0.6) is 5.75 Å². The number of para-hydroxylation sites is 1. The van der Waals surface area contributed by atoms with E-state index >= 15 is 0 Å². The summed E-state index contributed by atoms with van der Waals surface area (Å²) in [6.07, 6.45) is -5.49. The number of aliphatic hydroxyl groups excluding tert-OH is 2. The number of nitrogens with one attached hydrogen (secondary N) is 1. The molecule has 0 bridgehead atoms. The average molecular weight is 566 g/mol. The Bertz CT molecular complexity index is 1360. The van der Waals surface area contributed by atoms with Crippen LogP contribution in [0.25, 0.3) is 11.2 Å². The smallest absolute Gasteiger partial charge is 0.459 e. The molecular formula is C23H32N7O8P. The highest BCUT2D eigenvalue weighted by Crippen LogP contribution is 2.48. The van der Waals surface area contributed by atoms with E-state index < -0.39 is 56.5 Å². The minimum absolute atomic E-state index is 0.0349. The van der Waals surface area contributed by atoms with Crippen LogP contribution in [-0.4, -0.2) is 72.3 Å². The van der Waals surface area contributed by atoms with Crippen molar-refractivity contribution in [3.8, 4) is 5.75 Å². The molecule has 7 atom stereocenters. The van der Waals surface area contributed by atoms with Gasteiger partial charge in [-0.3, -0.25) is 13.9 Å². The zero-order valence-electron chi connectivity index (χ0n) is 21.7. The average Bonchev–Trinajstić information content (AvgIpc) is 3.39. The number of ether oxygens (including phenoxy) is 2. The number of fused-ring (bicyclic) bond motifs is 1. The maximum atomic E-state index is 13.9. The number of hydrogen-bond donors (Lipinski definition) is 5. The number of nitrogen functional groups attached to an aromatic ring is 2. The van der Waals surface area contributed by atoms with Gasteiger partial charge in [0.25, 0.3) is 0 Å². The second-order valence-electron chi connectivity index (χ2n) is 9.31. The topological polar surface area (TPSA) is 219 Å². The molecule has 3 heterocycles. The SMILES string of the molecule is CC(C)OC(=O)[C@H](C)NP(=O)(Oc1ccccc1)O[C@@H](C)[C@H]1O[C@@H](n2cnc3c(N)nc(N)nc32)[C@H](O)[C@@H]1O. The molecule has 1 unspecified atom stereocenters. The molecule has 1 fully saturated rings. The Kier molecular flexibility index (Phi) is 8.39. The van der Waals surface area contributed by atoms with Crippen LogP contribution < -0.4 is 21.1 Å². The first-order chi connectivity index (χ1) is 18.4. The van der Waals surface area contributed by atoms with Crippen molar-refractivity contribution in [2.45, 2.75) is 70.5 Å². The molecule has 1 aromatic carbocycles. The number of rotatable bonds is 10. The lowest BCUT2D eigenvalue weighted by Crippen LogP contribution is -2.41. The van der Waals surface area contributed by atoms with Gasteiger partial charge in [0.05, 0.1) is 18.5 Å². The number of anilines is 2. The van der Waals surface area contributed by atoms with Crippen LogP contribution in [0.3, 0.4) is 0 Å². The highest BCUT2D eigenvalue weighted by atomic mass is 31.2. The zero-order chi connectivity index (χ0) is 28.5. The fourth-order valence-electron chi connectivity index (χ4n) is 4.05. The summed E-state index contributed by atoms with van der Waals surface area (Å²) in [7, 11) is -4.28. The molecule has 1 aliphatic rings. The van der Waals surface area contributed by atoms with Gasteiger partial charge >= 0.3 is 13.7 Å². The van der Waals surface area contributed by atoms with Gasteiger partial charge in [-0.05, 0) is 39.8 Å². The molecule has 0 amide bonds. The van der Waals surface area contributed by atoms with Gasteiger partial charge in [-0.15, -0.1) is 0 Å². The first-order valence-electron chi connectivity index (χ1n) is 12.2. The molecule has 2 aromatic heterocycles. The van der Waals surface area contributed by atoms with Crippen molar-refractivity contribution in [3.05, 3.63) is 36.7 Å². The van der Waals surface area contributed by atoms with E-state index in [4.69, 9.17) is 30.0 Å². The number of benzene rings is 1. The molecule has 4 rings (SSSR count). The van der Waals surface area contributed by atoms with Crippen molar-refractivity contribution in [2.24, 2.45) is 0 Å². The predicted octanol–water partition coefficient (Wildman–Crippen LogP) is 1.13. The minimum atomic E-state index is -4.28. The zero-order valence-corrected chi connectivity index (χ0v) is 22.6. The van der Waals surface area contributed by atoms with Gasteiger partial charge in [0.1, 0.15) is 35.6 Å². The molecule has 0 spiro atoms. The molecule has 0 radical (unpaired) electrons. The standard InChI is InChI=1S/C23H32N7O8P/c1-11(2)35-22(33)12(3)29-39(34,38-14-8-6-5-7-9-14)37-13(4)18-16(31)17(32)21(36-18)30-10-26-15-19(24)27-23(25)28-20(15)30/h5-13,16-18,21,31-32H,1-4H3,(H,29,34)(H4,24,25,27,28)/t12-,13-,16-,17+,18+,21+,39?/m0/s1. The quantitative estimate of drug-likeness (QED) is 0.172. The highest BCUT2D eigenvalue weighted by molar-refractivity contribution is 7.52. The molecule has 1 saturated heterocycles. The fourth-order valence-corrected chi connectivity index (χ4v) is 5.74. The molecular weight excluding hydrogens is 533 g/mol. The largest absolute Gasteiger partial charge is 0.462 e. The van der Waals surface area contributed by atoms with Gasteiger partial charge in [0.15, 0.2) is 17.7 Å². The number of hydrogen-bond acceptors (Lipinski definition) is 13. The predicted molar refractivity (Wildman–Crippen MR) is 139 cm³/mol. The second kappa shape index (κ2) is 11.4. The Morgan fingerprint density at radius 3 is 2.49 bits per heavy atom. The normalized spacial score (nSPS) is 24.4. The number of aliphatic hydroxyl groups is 2. The number of carbonyl (C=O) groups excluding carboxylic acids is 1. The maximum absolute atomic E-state index is 13.9. The van der Waals surface area contributed by atoms with Gasteiger partial charge < -0.3 is 35.7 Å². The third kappa shape index (κ3) is 6.30. The molecule has 39 heavy (non-hydrogen) atoms. The summed E-state index contributed by atoms with van der Waals surface area (Å²) in [5.41, 5.74) is 12.0. The van der Waals surface area contributed by atoms with Crippen LogP contribution in [0.2, 0.25) is 0 Å². The van der Waals surface area contributed by atoms with E-state index in [0.717, 1.165) is 0 Å². The lowest BCUT2D eigenvalue weighted by molar-refractivity contribution is -0.149. The molecule has 3 aromatic rings. The summed E-state index contributed by atoms with van der Waals surface area (Å²) in [5.74, 6) is -0.542. The third-order valence-electron chi connectivity index (χ3n) is 5.81. The van der Waals surface area contributed by atoms with E-state index in [1.165, 1.54) is 24.7 Å². The third-order valence-corrected chi connectivity index (χ3v) is 7.57. The van der Waals surface area contributed by atoms with E-state index in [9.17, 15) is 19.6 Å². The summed E-state index contributed by atoms with van der Waals surface area (Å²) in [6.45, 7) is 6.29. The van der Waals surface area contributed by atoms with Crippen molar-refractivity contribution in [1.82, 2.24) is 24.6 Å². The van der Waals surface area contributed by atoms with Gasteiger partial charge in [-0.1, -0.05) is 18.2 Å².